The minimum atomic E-state index is -0.110. The second-order valence-electron chi connectivity index (χ2n) is 5.34. The molecule has 0 spiro atoms. The van der Waals surface area contributed by atoms with Crippen molar-refractivity contribution >= 4 is 11.7 Å². The van der Waals surface area contributed by atoms with Gasteiger partial charge in [-0.2, -0.15) is 5.10 Å². The van der Waals surface area contributed by atoms with Crippen molar-refractivity contribution in [2.75, 3.05) is 26.6 Å². The molecule has 1 aliphatic rings. The number of amides is 1. The summed E-state index contributed by atoms with van der Waals surface area (Å²) in [5.41, 5.74) is 1.89. The van der Waals surface area contributed by atoms with Gasteiger partial charge in [0.2, 0.25) is 11.7 Å². The normalized spacial score (nSPS) is 16.5. The summed E-state index contributed by atoms with van der Waals surface area (Å²) in [6.45, 7) is 0. The largest absolute Gasteiger partial charge is 0.493 e. The first kappa shape index (κ1) is 15.2. The van der Waals surface area contributed by atoms with Crippen molar-refractivity contribution in [3.8, 4) is 17.2 Å². The van der Waals surface area contributed by atoms with E-state index in [2.05, 4.69) is 10.4 Å². The van der Waals surface area contributed by atoms with Crippen molar-refractivity contribution in [3.63, 3.8) is 0 Å². The second-order valence-corrected chi connectivity index (χ2v) is 5.34. The van der Waals surface area contributed by atoms with E-state index < -0.39 is 0 Å². The number of carbonyl (C=O) groups is 1. The maximum atomic E-state index is 12.1. The van der Waals surface area contributed by atoms with Gasteiger partial charge in [0.1, 0.15) is 5.82 Å². The molecule has 1 aromatic heterocycles. The fourth-order valence-electron chi connectivity index (χ4n) is 2.94. The van der Waals surface area contributed by atoms with Crippen molar-refractivity contribution in [1.82, 2.24) is 9.78 Å². The van der Waals surface area contributed by atoms with E-state index in [9.17, 15) is 4.79 Å². The number of carbonyl (C=O) groups excluding carboxylic acids is 1. The third kappa shape index (κ3) is 2.48. The molecule has 1 aliphatic heterocycles. The van der Waals surface area contributed by atoms with Gasteiger partial charge < -0.3 is 19.5 Å². The van der Waals surface area contributed by atoms with Gasteiger partial charge >= 0.3 is 0 Å². The molecule has 1 aromatic carbocycles. The molecular formula is C16H19N3O4. The summed E-state index contributed by atoms with van der Waals surface area (Å²) < 4.78 is 17.8. The molecule has 122 valence electrons. The zero-order valence-corrected chi connectivity index (χ0v) is 13.5. The van der Waals surface area contributed by atoms with E-state index in [1.807, 2.05) is 12.1 Å². The molecular weight excluding hydrogens is 298 g/mol. The number of ether oxygens (including phenoxy) is 3. The molecule has 2 aromatic rings. The van der Waals surface area contributed by atoms with E-state index in [1.54, 1.807) is 39.3 Å². The SMILES string of the molecule is COc1cc(C2CC(=O)Nc3c2cnn3C)cc(OC)c1OC. The Bertz CT molecular complexity index is 729. The predicted molar refractivity (Wildman–Crippen MR) is 84.4 cm³/mol. The molecule has 23 heavy (non-hydrogen) atoms. The summed E-state index contributed by atoms with van der Waals surface area (Å²) in [4.78, 5) is 12.1. The maximum absolute atomic E-state index is 12.1. The van der Waals surface area contributed by atoms with Gasteiger partial charge in [0, 0.05) is 24.9 Å². The maximum Gasteiger partial charge on any atom is 0.226 e. The summed E-state index contributed by atoms with van der Waals surface area (Å²) in [5, 5.41) is 7.10. The standard InChI is InChI=1S/C16H19N3O4/c1-19-16-11(8-17-19)10(7-14(20)18-16)9-5-12(21-2)15(23-4)13(6-9)22-3/h5-6,8,10H,7H2,1-4H3,(H,18,20). The zero-order chi connectivity index (χ0) is 16.6. The first-order valence-corrected chi connectivity index (χ1v) is 7.20. The number of aromatic nitrogens is 2. The lowest BCUT2D eigenvalue weighted by atomic mass is 9.87. The number of benzene rings is 1. The Hall–Kier alpha value is -2.70. The van der Waals surface area contributed by atoms with Crippen LogP contribution in [0.2, 0.25) is 0 Å². The van der Waals surface area contributed by atoms with Crippen molar-refractivity contribution < 1.29 is 19.0 Å². The molecule has 0 radical (unpaired) electrons. The fourth-order valence-corrected chi connectivity index (χ4v) is 2.94. The van der Waals surface area contributed by atoms with E-state index in [4.69, 9.17) is 14.2 Å². The van der Waals surface area contributed by atoms with Crippen molar-refractivity contribution in [2.24, 2.45) is 7.05 Å². The number of anilines is 1. The Morgan fingerprint density at radius 1 is 1.17 bits per heavy atom. The molecule has 7 nitrogen and oxygen atoms in total. The van der Waals surface area contributed by atoms with Crippen LogP contribution in [-0.4, -0.2) is 37.0 Å². The number of nitrogens with zero attached hydrogens (tertiary/aromatic N) is 2. The number of nitrogens with one attached hydrogen (secondary N) is 1. The van der Waals surface area contributed by atoms with Crippen LogP contribution < -0.4 is 19.5 Å². The first-order chi connectivity index (χ1) is 11.1. The molecule has 0 bridgehead atoms. The third-order valence-corrected chi connectivity index (χ3v) is 4.08. The van der Waals surface area contributed by atoms with Crippen LogP contribution in [0.3, 0.4) is 0 Å². The quantitative estimate of drug-likeness (QED) is 0.932. The van der Waals surface area contributed by atoms with Crippen LogP contribution in [-0.2, 0) is 11.8 Å². The van der Waals surface area contributed by atoms with Gasteiger partial charge in [0.05, 0.1) is 27.5 Å². The van der Waals surface area contributed by atoms with Crippen molar-refractivity contribution in [3.05, 3.63) is 29.5 Å². The Balaban J connectivity index is 2.13. The van der Waals surface area contributed by atoms with E-state index >= 15 is 0 Å². The molecule has 1 N–H and O–H groups in total. The molecule has 3 rings (SSSR count). The van der Waals surface area contributed by atoms with E-state index in [0.717, 1.165) is 16.9 Å². The zero-order valence-electron chi connectivity index (χ0n) is 13.5. The van der Waals surface area contributed by atoms with Crippen LogP contribution in [0.15, 0.2) is 18.3 Å². The van der Waals surface area contributed by atoms with Crippen LogP contribution in [0, 0.1) is 0 Å². The number of hydrogen-bond acceptors (Lipinski definition) is 5. The van der Waals surface area contributed by atoms with Gasteiger partial charge in [-0.1, -0.05) is 0 Å². The summed E-state index contributed by atoms with van der Waals surface area (Å²) >= 11 is 0. The lowest BCUT2D eigenvalue weighted by molar-refractivity contribution is -0.116. The third-order valence-electron chi connectivity index (χ3n) is 4.08. The minimum absolute atomic E-state index is 0.0418. The molecule has 0 saturated carbocycles. The van der Waals surface area contributed by atoms with Crippen LogP contribution >= 0.6 is 0 Å². The number of fused-ring (bicyclic) bond motifs is 1. The molecule has 0 aliphatic carbocycles. The van der Waals surface area contributed by atoms with Gasteiger partial charge in [-0.05, 0) is 17.7 Å². The van der Waals surface area contributed by atoms with Gasteiger partial charge in [0.25, 0.3) is 0 Å². The van der Waals surface area contributed by atoms with E-state index in [0.29, 0.717) is 23.7 Å². The molecule has 1 atom stereocenters. The highest BCUT2D eigenvalue weighted by molar-refractivity contribution is 5.94. The molecule has 7 heteroatoms. The van der Waals surface area contributed by atoms with E-state index in [-0.39, 0.29) is 11.8 Å². The number of methoxy groups -OCH3 is 3. The average Bonchev–Trinajstić information content (AvgIpc) is 2.93. The summed E-state index contributed by atoms with van der Waals surface area (Å²) in [7, 11) is 6.51. The molecule has 0 fully saturated rings. The smallest absolute Gasteiger partial charge is 0.226 e. The lowest BCUT2D eigenvalue weighted by Crippen LogP contribution is -2.24. The highest BCUT2D eigenvalue weighted by Gasteiger charge is 2.30. The summed E-state index contributed by atoms with van der Waals surface area (Å²) in [5.74, 6) is 2.24. The molecule has 1 amide bonds. The number of rotatable bonds is 4. The van der Waals surface area contributed by atoms with Gasteiger partial charge in [-0.25, -0.2) is 0 Å². The van der Waals surface area contributed by atoms with Gasteiger partial charge in [-0.3, -0.25) is 9.48 Å². The lowest BCUT2D eigenvalue weighted by Gasteiger charge is -2.24. The second kappa shape index (κ2) is 5.83. The highest BCUT2D eigenvalue weighted by Crippen LogP contribution is 2.44. The van der Waals surface area contributed by atoms with Crippen LogP contribution in [0.25, 0.3) is 0 Å². The van der Waals surface area contributed by atoms with E-state index in [1.165, 1.54) is 0 Å². The van der Waals surface area contributed by atoms with Crippen molar-refractivity contribution in [1.29, 1.82) is 0 Å². The van der Waals surface area contributed by atoms with Crippen molar-refractivity contribution in [2.45, 2.75) is 12.3 Å². The number of hydrogen-bond donors (Lipinski definition) is 1. The predicted octanol–water partition coefficient (Wildman–Crippen LogP) is 1.92. The Morgan fingerprint density at radius 2 is 1.83 bits per heavy atom. The average molecular weight is 317 g/mol. The topological polar surface area (TPSA) is 74.6 Å². The van der Waals surface area contributed by atoms with Gasteiger partial charge in [-0.15, -0.1) is 0 Å². The molecule has 0 saturated heterocycles. The molecule has 2 heterocycles. The molecule has 1 unspecified atom stereocenters. The summed E-state index contributed by atoms with van der Waals surface area (Å²) in [6, 6.07) is 3.75. The highest BCUT2D eigenvalue weighted by atomic mass is 16.5. The minimum Gasteiger partial charge on any atom is -0.493 e. The van der Waals surface area contributed by atoms with Gasteiger partial charge in [0.15, 0.2) is 11.5 Å². The van der Waals surface area contributed by atoms with Crippen LogP contribution in [0.4, 0.5) is 5.82 Å². The van der Waals surface area contributed by atoms with Crippen LogP contribution in [0.1, 0.15) is 23.5 Å². The van der Waals surface area contributed by atoms with Crippen LogP contribution in [0.5, 0.6) is 17.2 Å². The summed E-state index contributed by atoms with van der Waals surface area (Å²) in [6.07, 6.45) is 2.12. The Morgan fingerprint density at radius 3 is 2.39 bits per heavy atom. The first-order valence-electron chi connectivity index (χ1n) is 7.20. The number of aryl methyl sites for hydroxylation is 1. The monoisotopic (exact) mass is 317 g/mol. The fraction of sp³-hybridized carbons (Fsp3) is 0.375. The Kier molecular flexibility index (Phi) is 3.85. The Labute approximate surface area is 134 Å².